The first-order valence-electron chi connectivity index (χ1n) is 13.6. The van der Waals surface area contributed by atoms with Crippen molar-refractivity contribution in [1.82, 2.24) is 0 Å². The van der Waals surface area contributed by atoms with E-state index in [1.54, 1.807) is 0 Å². The molecule has 1 aliphatic carbocycles. The number of sulfone groups is 2. The summed E-state index contributed by atoms with van der Waals surface area (Å²) in [5.74, 6) is -1.43. The average molecular weight is 994 g/mol. The molecule has 1 aliphatic rings. The topological polar surface area (TPSA) is 424 Å². The maximum atomic E-state index is 13.1. The number of nitrogen functional groups attached to an aromatic ring is 1. The van der Waals surface area contributed by atoms with Gasteiger partial charge in [0.2, 0.25) is 20.8 Å². The van der Waals surface area contributed by atoms with Gasteiger partial charge in [0, 0.05) is 11.4 Å². The largest absolute Gasteiger partial charge is 1.00 e. The number of hydrogen-bond acceptors (Lipinski definition) is 22. The zero-order valence-electron chi connectivity index (χ0n) is 31.3. The second-order valence-electron chi connectivity index (χ2n) is 9.66. The van der Waals surface area contributed by atoms with Crippen LogP contribution in [0, 0.1) is 19.9 Å². The Labute approximate surface area is 434 Å². The number of allylic oxidation sites excluding steroid dienone is 1. The van der Waals surface area contributed by atoms with Gasteiger partial charge in [0.25, 0.3) is 0 Å². The van der Waals surface area contributed by atoms with E-state index < -0.39 is 88.2 Å². The summed E-state index contributed by atoms with van der Waals surface area (Å²) < 4.78 is 175. The van der Waals surface area contributed by atoms with Crippen LogP contribution in [0.3, 0.4) is 0 Å². The fraction of sp³-hybridized carbons (Fsp3) is 0.0769. The Morgan fingerprint density at radius 1 is 0.717 bits per heavy atom. The molecular weight excluding hydrogens is 971 g/mol. The van der Waals surface area contributed by atoms with Crippen LogP contribution in [0.25, 0.3) is 6.08 Å². The Morgan fingerprint density at radius 3 is 1.58 bits per heavy atom. The number of anilines is 2. The number of nitrogens with one attached hydrogen (secondary N) is 1. The molecule has 0 unspecified atom stereocenters. The molecule has 308 valence electrons. The number of azo groups is 1. The van der Waals surface area contributed by atoms with E-state index in [1.165, 1.54) is 42.5 Å². The summed E-state index contributed by atoms with van der Waals surface area (Å²) in [7, 11) is -25.5. The Kier molecular flexibility index (Phi) is 30.8. The van der Waals surface area contributed by atoms with Crippen LogP contribution in [-0.4, -0.2) is 100 Å². The van der Waals surface area contributed by atoms with E-state index in [0.717, 1.165) is 12.1 Å². The molecule has 0 heterocycles. The molecule has 0 atom stereocenters. The van der Waals surface area contributed by atoms with Gasteiger partial charge in [-0.1, -0.05) is 28.7 Å². The van der Waals surface area contributed by atoms with Crippen LogP contribution in [0.4, 0.5) is 22.7 Å². The molecule has 0 fully saturated rings. The van der Waals surface area contributed by atoms with Crippen molar-refractivity contribution in [2.24, 2.45) is 15.3 Å². The maximum absolute atomic E-state index is 13.1. The molecule has 0 radical (unpaired) electrons. The number of nitrogens with two attached hydrogens (primary N) is 1. The molecule has 0 aromatic heterocycles. The zero-order valence-corrected chi connectivity index (χ0v) is 44.2. The molecule has 34 heteroatoms. The van der Waals surface area contributed by atoms with Crippen molar-refractivity contribution in [3.8, 4) is 0 Å². The molecule has 4 rings (SSSR count). The normalized spacial score (nSPS) is 12.7. The number of hydrogen-bond donors (Lipinski definition) is 4. The molecule has 60 heavy (non-hydrogen) atoms. The minimum Gasteiger partial charge on any atom is -0.744 e. The first-order chi connectivity index (χ1) is 25.4. The number of Topliss-reactive ketones (excluding diaryl/α,β-unsaturated/α-hetero) is 1. The standard InChI is InChI=1S/C26H22N5O8S3.4Na.2H2O4S.O3S/c1-3-40(33,34)17-7-5-16(6-8-17)28-30-23-14-11-19-20(26(23)32)10-12-21(27)25(19)31-29-22-13-9-18(41(35,36)4-2)15-24(22)42(37,38)39;;;;;2*1-5(2,3)4;1-4(2)3/h5-13,15,28H,1-4,27H2,(H,37,38,39);;;;;2*(H2,1,2,3,4);/q-3;4*+1;;;/p-3. The number of nitrogens with zero attached hydrogens (tertiary/aromatic N) is 3. The van der Waals surface area contributed by atoms with Crippen molar-refractivity contribution in [3.05, 3.63) is 85.6 Å². The van der Waals surface area contributed by atoms with Gasteiger partial charge in [-0.2, -0.15) is 27.5 Å². The van der Waals surface area contributed by atoms with Gasteiger partial charge in [-0.05, 0) is 48.5 Å². The number of ketones is 1. The Hall–Kier alpha value is -0.890. The number of hydrazone groups is 1. The Morgan fingerprint density at radius 2 is 1.15 bits per heavy atom. The molecule has 3 aromatic carbocycles. The summed E-state index contributed by atoms with van der Waals surface area (Å²) in [6.45, 7) is 6.68. The van der Waals surface area contributed by atoms with Gasteiger partial charge in [0.05, 0.1) is 31.8 Å². The van der Waals surface area contributed by atoms with Gasteiger partial charge >= 0.3 is 129 Å². The van der Waals surface area contributed by atoms with Gasteiger partial charge < -0.3 is 38.0 Å². The molecule has 3 aromatic rings. The van der Waals surface area contributed by atoms with Crippen LogP contribution in [0.5, 0.6) is 0 Å². The van der Waals surface area contributed by atoms with Crippen molar-refractivity contribution in [3.63, 3.8) is 0 Å². The summed E-state index contributed by atoms with van der Waals surface area (Å²) in [5.41, 5.74) is 8.85. The van der Waals surface area contributed by atoms with E-state index in [4.69, 9.17) is 53.4 Å². The summed E-state index contributed by atoms with van der Waals surface area (Å²) in [5, 5.41) is 11.8. The van der Waals surface area contributed by atoms with Crippen molar-refractivity contribution >= 4 is 102 Å². The van der Waals surface area contributed by atoms with Gasteiger partial charge in [-0.3, -0.25) is 14.5 Å². The number of benzene rings is 3. The second-order valence-corrected chi connectivity index (χ2v) is 17.3. The van der Waals surface area contributed by atoms with E-state index in [2.05, 4.69) is 40.7 Å². The first-order valence-corrected chi connectivity index (χ1v) is 22.0. The number of fused-ring (bicyclic) bond motifs is 1. The van der Waals surface area contributed by atoms with Crippen LogP contribution in [0.1, 0.15) is 15.9 Å². The molecule has 0 saturated heterocycles. The van der Waals surface area contributed by atoms with Crippen molar-refractivity contribution in [2.75, 3.05) is 22.7 Å². The Bertz CT molecular complexity index is 2700. The third-order valence-corrected chi connectivity index (χ3v) is 9.83. The molecule has 0 aliphatic heterocycles. The van der Waals surface area contributed by atoms with Gasteiger partial charge in [0.15, 0.2) is 19.7 Å². The van der Waals surface area contributed by atoms with Gasteiger partial charge in [-0.15, -0.1) is 12.6 Å². The van der Waals surface area contributed by atoms with Crippen LogP contribution in [0.2, 0.25) is 0 Å². The third-order valence-electron chi connectivity index (χ3n) is 5.93. The van der Waals surface area contributed by atoms with E-state index in [9.17, 15) is 34.6 Å². The maximum Gasteiger partial charge on any atom is 1.00 e. The van der Waals surface area contributed by atoms with Gasteiger partial charge in [-0.25, -0.2) is 42.1 Å². The smallest absolute Gasteiger partial charge is 0.744 e. The predicted molar refractivity (Wildman–Crippen MR) is 188 cm³/mol. The SMILES string of the molecule is O=S(=O)([O-])O.O=S(=O)([O-])O.O=S(=O)=O.[CH2-]CS(=O)(=O)c1ccc(NN=C2[C-]=Cc3c(ccc(N)c3N=Nc3ccc(S(=O)(=O)C[CH2-])cc3S(=O)(=O)[O-])C2=O)cc1.[Na+].[Na+].[Na+].[Na+]. The van der Waals surface area contributed by atoms with Crippen LogP contribution >= 0.6 is 0 Å². The second kappa shape index (κ2) is 28.1. The molecule has 0 amide bonds. The molecule has 0 bridgehead atoms. The zero-order chi connectivity index (χ0) is 43.4. The van der Waals surface area contributed by atoms with E-state index >= 15 is 0 Å². The summed E-state index contributed by atoms with van der Waals surface area (Å²) in [6.07, 6.45) is 4.07. The Balaban J connectivity index is -0.000000756. The van der Waals surface area contributed by atoms with E-state index in [1.807, 2.05) is 0 Å². The third kappa shape index (κ3) is 24.2. The molecular formula is C26H23N5Na4O19S6-2. The van der Waals surface area contributed by atoms with Crippen molar-refractivity contribution < 1.29 is 201 Å². The number of carbonyl (C=O) groups is 1. The van der Waals surface area contributed by atoms with Crippen LogP contribution in [-0.2, 0) is 61.2 Å². The fourth-order valence-corrected chi connectivity index (χ4v) is 5.97. The number of rotatable bonds is 9. The minimum absolute atomic E-state index is 0. The number of carbonyl (C=O) groups excluding carboxylic acids is 1. The summed E-state index contributed by atoms with van der Waals surface area (Å²) >= 11 is 0. The minimum atomic E-state index is -5.16. The average Bonchev–Trinajstić information content (AvgIpc) is 3.05. The predicted octanol–water partition coefficient (Wildman–Crippen LogP) is -11.7. The molecule has 0 saturated carbocycles. The quantitative estimate of drug-likeness (QED) is 0.0294. The first kappa shape index (κ1) is 65.7. The fourth-order valence-electron chi connectivity index (χ4n) is 3.66. The van der Waals surface area contributed by atoms with Crippen LogP contribution < -0.4 is 129 Å². The van der Waals surface area contributed by atoms with E-state index in [0.29, 0.717) is 11.8 Å². The van der Waals surface area contributed by atoms with E-state index in [-0.39, 0.29) is 157 Å². The van der Waals surface area contributed by atoms with Gasteiger partial charge in [0.1, 0.15) is 15.8 Å². The van der Waals surface area contributed by atoms with Crippen LogP contribution in [0.15, 0.2) is 84.6 Å². The monoisotopic (exact) mass is 993 g/mol. The molecule has 24 nitrogen and oxygen atoms in total. The van der Waals surface area contributed by atoms with Crippen molar-refractivity contribution in [2.45, 2.75) is 14.7 Å². The summed E-state index contributed by atoms with van der Waals surface area (Å²) in [6, 6.07) is 11.2. The van der Waals surface area contributed by atoms with Crippen molar-refractivity contribution in [1.29, 1.82) is 0 Å². The summed E-state index contributed by atoms with van der Waals surface area (Å²) in [4.78, 5) is 11.9. The molecule has 5 N–H and O–H groups in total. The molecule has 0 spiro atoms.